The van der Waals surface area contributed by atoms with Crippen molar-refractivity contribution in [2.75, 3.05) is 7.05 Å². The van der Waals surface area contributed by atoms with Crippen molar-refractivity contribution in [1.29, 1.82) is 0 Å². The van der Waals surface area contributed by atoms with Crippen molar-refractivity contribution in [3.63, 3.8) is 0 Å². The van der Waals surface area contributed by atoms with Crippen LogP contribution in [0.15, 0.2) is 51.3 Å². The Labute approximate surface area is 169 Å². The summed E-state index contributed by atoms with van der Waals surface area (Å²) in [7, 11) is 1.77. The highest BCUT2D eigenvalue weighted by Crippen LogP contribution is 2.44. The van der Waals surface area contributed by atoms with E-state index in [0.717, 1.165) is 31.2 Å². The Bertz CT molecular complexity index is 984. The molecule has 29 heavy (non-hydrogen) atoms. The molecule has 1 aliphatic heterocycles. The maximum atomic E-state index is 12.7. The molecule has 0 atom stereocenters. The first-order valence-corrected chi connectivity index (χ1v) is 9.69. The number of carbonyl (C=O) groups excluding carboxylic acids is 1. The largest absolute Gasteiger partial charge is 0.399 e. The molecule has 0 bridgehead atoms. The molecule has 0 radical (unpaired) electrons. The van der Waals surface area contributed by atoms with Gasteiger partial charge in [0, 0.05) is 18.7 Å². The SMILES string of the molecule is Cc1ccc(-c2cc(CO/N=C(\N)C3=C(N)C4(CCCC4)N(C)C3=O)on2)cc1. The van der Waals surface area contributed by atoms with Gasteiger partial charge in [0.15, 0.2) is 18.2 Å². The van der Waals surface area contributed by atoms with Crippen molar-refractivity contribution < 1.29 is 14.2 Å². The molecule has 4 rings (SSSR count). The van der Waals surface area contributed by atoms with Gasteiger partial charge in [-0.3, -0.25) is 4.79 Å². The summed E-state index contributed by atoms with van der Waals surface area (Å²) in [5.41, 5.74) is 15.5. The molecule has 1 saturated carbocycles. The summed E-state index contributed by atoms with van der Waals surface area (Å²) in [6.45, 7) is 2.07. The van der Waals surface area contributed by atoms with Crippen LogP contribution in [0.1, 0.15) is 37.0 Å². The first-order valence-electron chi connectivity index (χ1n) is 9.69. The van der Waals surface area contributed by atoms with Gasteiger partial charge in [-0.05, 0) is 19.8 Å². The fraction of sp³-hybridized carbons (Fsp3) is 0.381. The van der Waals surface area contributed by atoms with Gasteiger partial charge in [0.05, 0.1) is 11.2 Å². The number of amides is 1. The van der Waals surface area contributed by atoms with Crippen LogP contribution in [0.4, 0.5) is 0 Å². The van der Waals surface area contributed by atoms with Gasteiger partial charge >= 0.3 is 0 Å². The predicted molar refractivity (Wildman–Crippen MR) is 108 cm³/mol. The van der Waals surface area contributed by atoms with E-state index in [-0.39, 0.29) is 23.9 Å². The highest BCUT2D eigenvalue weighted by Gasteiger charge is 2.51. The second-order valence-electron chi connectivity index (χ2n) is 7.69. The van der Waals surface area contributed by atoms with E-state index < -0.39 is 5.54 Å². The van der Waals surface area contributed by atoms with Gasteiger partial charge in [0.25, 0.3) is 5.91 Å². The zero-order valence-electron chi connectivity index (χ0n) is 16.6. The van der Waals surface area contributed by atoms with Crippen LogP contribution in [0.3, 0.4) is 0 Å². The molecule has 8 heteroatoms. The highest BCUT2D eigenvalue weighted by atomic mass is 16.6. The molecule has 0 saturated heterocycles. The van der Waals surface area contributed by atoms with E-state index in [2.05, 4.69) is 10.3 Å². The van der Waals surface area contributed by atoms with Crippen molar-refractivity contribution in [1.82, 2.24) is 10.1 Å². The van der Waals surface area contributed by atoms with Crippen LogP contribution < -0.4 is 11.5 Å². The fourth-order valence-electron chi connectivity index (χ4n) is 4.16. The van der Waals surface area contributed by atoms with Crippen LogP contribution in [0.25, 0.3) is 11.3 Å². The van der Waals surface area contributed by atoms with Crippen molar-refractivity contribution in [3.8, 4) is 11.3 Å². The molecule has 1 spiro atoms. The monoisotopic (exact) mass is 395 g/mol. The lowest BCUT2D eigenvalue weighted by molar-refractivity contribution is -0.127. The Balaban J connectivity index is 1.45. The maximum Gasteiger partial charge on any atom is 0.260 e. The van der Waals surface area contributed by atoms with Crippen LogP contribution >= 0.6 is 0 Å². The van der Waals surface area contributed by atoms with Gasteiger partial charge in [0.1, 0.15) is 11.3 Å². The van der Waals surface area contributed by atoms with Crippen molar-refractivity contribution in [2.24, 2.45) is 16.6 Å². The lowest BCUT2D eigenvalue weighted by atomic mass is 9.93. The standard InChI is InChI=1S/C21H25N5O3/c1-13-5-7-14(8-6-13)16-11-15(29-24-16)12-28-25-19(23)17-18(22)21(9-3-4-10-21)26(2)20(17)27/h5-8,11H,3-4,9-10,12,22H2,1-2H3,(H2,23,25). The van der Waals surface area contributed by atoms with Crippen LogP contribution in [0, 0.1) is 6.92 Å². The third kappa shape index (κ3) is 3.24. The number of nitrogens with two attached hydrogens (primary N) is 2. The topological polar surface area (TPSA) is 120 Å². The molecule has 152 valence electrons. The van der Waals surface area contributed by atoms with Crippen molar-refractivity contribution in [3.05, 3.63) is 52.9 Å². The first kappa shape index (κ1) is 19.0. The van der Waals surface area contributed by atoms with Gasteiger partial charge in [-0.25, -0.2) is 0 Å². The zero-order chi connectivity index (χ0) is 20.6. The number of likely N-dealkylation sites (N-methyl/N-ethyl adjacent to an activating group) is 1. The lowest BCUT2D eigenvalue weighted by Gasteiger charge is -2.33. The van der Waals surface area contributed by atoms with Gasteiger partial charge in [-0.2, -0.15) is 0 Å². The van der Waals surface area contributed by atoms with Crippen LogP contribution in [0.2, 0.25) is 0 Å². The molecule has 1 aliphatic carbocycles. The number of hydrogen-bond acceptors (Lipinski definition) is 6. The Kier molecular flexibility index (Phi) is 4.77. The minimum absolute atomic E-state index is 0.0126. The van der Waals surface area contributed by atoms with Crippen LogP contribution in [0.5, 0.6) is 0 Å². The second-order valence-corrected chi connectivity index (χ2v) is 7.69. The van der Waals surface area contributed by atoms with Crippen molar-refractivity contribution in [2.45, 2.75) is 44.8 Å². The number of nitrogens with zero attached hydrogens (tertiary/aromatic N) is 3. The molecule has 2 aliphatic rings. The molecule has 2 heterocycles. The normalized spacial score (nSPS) is 18.9. The summed E-state index contributed by atoms with van der Waals surface area (Å²) in [6.07, 6.45) is 3.76. The Morgan fingerprint density at radius 2 is 2.00 bits per heavy atom. The number of hydrogen-bond donors (Lipinski definition) is 2. The Hall–Kier alpha value is -3.29. The minimum Gasteiger partial charge on any atom is -0.399 e. The summed E-state index contributed by atoms with van der Waals surface area (Å²) >= 11 is 0. The number of oxime groups is 1. The van der Waals surface area contributed by atoms with Crippen LogP contribution in [-0.4, -0.2) is 34.4 Å². The number of carbonyl (C=O) groups is 1. The lowest BCUT2D eigenvalue weighted by Crippen LogP contribution is -2.45. The molecule has 0 unspecified atom stereocenters. The average molecular weight is 395 g/mol. The molecule has 1 aromatic carbocycles. The van der Waals surface area contributed by atoms with E-state index in [9.17, 15) is 4.79 Å². The molecule has 4 N–H and O–H groups in total. The first-order chi connectivity index (χ1) is 13.9. The summed E-state index contributed by atoms with van der Waals surface area (Å²) < 4.78 is 5.30. The van der Waals surface area contributed by atoms with E-state index in [1.165, 1.54) is 5.56 Å². The summed E-state index contributed by atoms with van der Waals surface area (Å²) in [5, 5.41) is 7.95. The summed E-state index contributed by atoms with van der Waals surface area (Å²) in [5.74, 6) is 0.276. The maximum absolute atomic E-state index is 12.7. The van der Waals surface area contributed by atoms with E-state index in [1.54, 1.807) is 18.0 Å². The molecule has 8 nitrogen and oxygen atoms in total. The zero-order valence-corrected chi connectivity index (χ0v) is 16.6. The van der Waals surface area contributed by atoms with E-state index >= 15 is 0 Å². The third-order valence-corrected chi connectivity index (χ3v) is 5.89. The number of aromatic nitrogens is 1. The van der Waals surface area contributed by atoms with Gasteiger partial charge in [0.2, 0.25) is 0 Å². The van der Waals surface area contributed by atoms with Crippen LogP contribution in [-0.2, 0) is 16.2 Å². The number of amidine groups is 1. The van der Waals surface area contributed by atoms with E-state index in [1.807, 2.05) is 31.2 Å². The minimum atomic E-state index is -0.430. The molecule has 1 fully saturated rings. The smallest absolute Gasteiger partial charge is 0.260 e. The highest BCUT2D eigenvalue weighted by molar-refractivity contribution is 6.22. The quantitative estimate of drug-likeness (QED) is 0.456. The van der Waals surface area contributed by atoms with Gasteiger partial charge in [-0.1, -0.05) is 53.0 Å². The summed E-state index contributed by atoms with van der Waals surface area (Å²) in [6, 6.07) is 9.76. The molecule has 1 amide bonds. The summed E-state index contributed by atoms with van der Waals surface area (Å²) in [4.78, 5) is 19.7. The molecular formula is C21H25N5O3. The second kappa shape index (κ2) is 7.27. The molecule has 1 aromatic heterocycles. The Morgan fingerprint density at radius 3 is 2.69 bits per heavy atom. The number of benzene rings is 1. The molecule has 2 aromatic rings. The fourth-order valence-corrected chi connectivity index (χ4v) is 4.16. The number of rotatable bonds is 5. The third-order valence-electron chi connectivity index (χ3n) is 5.89. The Morgan fingerprint density at radius 1 is 1.31 bits per heavy atom. The van der Waals surface area contributed by atoms with Gasteiger partial charge in [-0.15, -0.1) is 0 Å². The number of aryl methyl sites for hydroxylation is 1. The van der Waals surface area contributed by atoms with Crippen molar-refractivity contribution >= 4 is 11.7 Å². The molecular weight excluding hydrogens is 370 g/mol. The van der Waals surface area contributed by atoms with Gasteiger partial charge < -0.3 is 25.7 Å². The van der Waals surface area contributed by atoms with E-state index in [0.29, 0.717) is 17.2 Å². The average Bonchev–Trinajstić information content (AvgIpc) is 3.41. The predicted octanol–water partition coefficient (Wildman–Crippen LogP) is 2.44. The van der Waals surface area contributed by atoms with E-state index in [4.69, 9.17) is 20.8 Å².